The molecule has 0 bridgehead atoms. The third-order valence-corrected chi connectivity index (χ3v) is 12.1. The third-order valence-electron chi connectivity index (χ3n) is 12.1. The number of pyridine rings is 1. The number of piperazine rings is 1. The smallest absolute Gasteiger partial charge is 0.221 e. The highest BCUT2D eigenvalue weighted by Crippen LogP contribution is 2.67. The number of hydrogen-bond acceptors (Lipinski definition) is 5. The van der Waals surface area contributed by atoms with Crippen molar-refractivity contribution in [2.24, 2.45) is 0 Å². The molecule has 1 amide bonds. The van der Waals surface area contributed by atoms with Crippen LogP contribution in [0.5, 0.6) is 0 Å². The lowest BCUT2D eigenvalue weighted by atomic mass is 9.08. The minimum atomic E-state index is -0.642. The molecule has 2 fully saturated rings. The minimum Gasteiger partial charge on any atom is -0.370 e. The van der Waals surface area contributed by atoms with Gasteiger partial charge in [-0.05, 0) is 49.3 Å². The molecule has 1 unspecified atom stereocenters. The molecule has 1 saturated carbocycles. The number of nitriles is 1. The summed E-state index contributed by atoms with van der Waals surface area (Å²) in [5, 5.41) is 9.09. The van der Waals surface area contributed by atoms with E-state index in [1.54, 1.807) is 0 Å². The van der Waals surface area contributed by atoms with Gasteiger partial charge in [-0.2, -0.15) is 5.26 Å². The predicted octanol–water partition coefficient (Wildman–Crippen LogP) is -7.96. The zero-order valence-corrected chi connectivity index (χ0v) is 30.1. The molecule has 4 rings (SSSR count). The monoisotopic (exact) mass is 568 g/mol. The highest BCUT2D eigenvalue weighted by Gasteiger charge is 2.69. The Morgan fingerprint density at radius 1 is 1.02 bits per heavy atom. The first kappa shape index (κ1) is 34.5. The lowest BCUT2D eigenvalue weighted by Gasteiger charge is -2.78. The van der Waals surface area contributed by atoms with Gasteiger partial charge < -0.3 is 14.5 Å². The second kappa shape index (κ2) is 10.6. The van der Waals surface area contributed by atoms with Gasteiger partial charge in [-0.15, -0.1) is 10.2 Å². The van der Waals surface area contributed by atoms with E-state index in [0.29, 0.717) is 37.5 Å². The molecular formula is C25H48B12N4O2. The van der Waals surface area contributed by atoms with E-state index in [9.17, 15) is 10.1 Å². The second-order valence-corrected chi connectivity index (χ2v) is 17.9. The summed E-state index contributed by atoms with van der Waals surface area (Å²) in [6.07, 6.45) is 4.28. The maximum Gasteiger partial charge on any atom is 0.221 e. The molecule has 1 atom stereocenters. The number of carbonyl (C=O) groups excluding carboxylic acids is 1. The first-order valence-electron chi connectivity index (χ1n) is 16.6. The number of aromatic nitrogens is 1. The van der Waals surface area contributed by atoms with Crippen molar-refractivity contribution in [3.8, 4) is 6.07 Å². The lowest BCUT2D eigenvalue weighted by molar-refractivity contribution is -0.141. The zero-order valence-electron chi connectivity index (χ0n) is 30.1. The average Bonchev–Trinajstić information content (AvgIpc) is 3.68. The Bertz CT molecular complexity index is 1340. The standard InChI is InChI=1S/C25H48B12N4O2/c1-4-5-16(42)41-20(26,27)11-40(25(36,37)22(41,29)21(28,23(30,31)32)24(33,34)35)18-14(9-38)13-8-19(2,3)43-10-15(13)17(39-18)12-6-7-12/h12H,4-8,10-11,26-37H2,1-3H3. The number of rotatable bonds is 7. The summed E-state index contributed by atoms with van der Waals surface area (Å²) in [5.74, 6) is 1.42. The number of fused-ring (bicyclic) bond motifs is 1. The number of ether oxygens (including phenoxy) is 1. The highest BCUT2D eigenvalue weighted by molar-refractivity contribution is 6.71. The molecule has 0 spiro atoms. The van der Waals surface area contributed by atoms with Crippen LogP contribution in [0.15, 0.2) is 0 Å². The molecule has 2 aliphatic heterocycles. The third kappa shape index (κ3) is 5.14. The van der Waals surface area contributed by atoms with Crippen LogP contribution in [-0.4, -0.2) is 138 Å². The van der Waals surface area contributed by atoms with Gasteiger partial charge >= 0.3 is 0 Å². The summed E-state index contributed by atoms with van der Waals surface area (Å²) >= 11 is 0. The Morgan fingerprint density at radius 3 is 2.05 bits per heavy atom. The summed E-state index contributed by atoms with van der Waals surface area (Å²) in [5.41, 5.74) is 3.06. The van der Waals surface area contributed by atoms with Gasteiger partial charge in [0.2, 0.25) is 5.91 Å². The maximum atomic E-state index is 14.4. The zero-order chi connectivity index (χ0) is 32.8. The number of nitrogens with zero attached hydrogens (tertiary/aromatic N) is 4. The number of anilines is 1. The van der Waals surface area contributed by atoms with Gasteiger partial charge in [-0.3, -0.25) is 4.79 Å². The van der Waals surface area contributed by atoms with Gasteiger partial charge in [-0.1, -0.05) is 12.2 Å². The van der Waals surface area contributed by atoms with Gasteiger partial charge in [0, 0.05) is 36.3 Å². The molecule has 1 saturated heterocycles. The largest absolute Gasteiger partial charge is 0.370 e. The fourth-order valence-electron chi connectivity index (χ4n) is 9.26. The van der Waals surface area contributed by atoms with E-state index in [1.165, 1.54) is 0 Å². The Kier molecular flexibility index (Phi) is 8.51. The van der Waals surface area contributed by atoms with Crippen LogP contribution in [0.2, 0.25) is 15.5 Å². The topological polar surface area (TPSA) is 69.5 Å². The van der Waals surface area contributed by atoms with Crippen LogP contribution < -0.4 is 4.90 Å². The molecule has 1 aromatic rings. The SMILES string of the molecule is BC1(B)CN(c2nc(C3CC3)c3c(c2C#N)CC(C)(C)OC3)C(B)(B)C(B)(C(B)(C(B)(B)B)C(B)(B)B)N1C(=O)CCC. The van der Waals surface area contributed by atoms with Crippen molar-refractivity contribution >= 4 is 106 Å². The number of hydrogen-bond donors (Lipinski definition) is 0. The van der Waals surface area contributed by atoms with E-state index in [2.05, 4.69) is 131 Å². The Morgan fingerprint density at radius 2 is 1.58 bits per heavy atom. The molecular weight excluding hydrogens is 518 g/mol. The lowest BCUT2D eigenvalue weighted by Crippen LogP contribution is -2.89. The predicted molar refractivity (Wildman–Crippen MR) is 211 cm³/mol. The van der Waals surface area contributed by atoms with Gasteiger partial charge in [0.05, 0.1) is 70.5 Å². The fraction of sp³-hybridized carbons (Fsp3) is 0.720. The van der Waals surface area contributed by atoms with E-state index in [4.69, 9.17) is 9.72 Å². The van der Waals surface area contributed by atoms with E-state index >= 15 is 0 Å². The Balaban J connectivity index is 2.10. The van der Waals surface area contributed by atoms with Crippen LogP contribution in [0.1, 0.15) is 74.8 Å². The molecule has 1 aromatic heterocycles. The van der Waals surface area contributed by atoms with Gasteiger partial charge in [0.1, 0.15) is 59.0 Å². The molecule has 1 aliphatic carbocycles. The molecule has 6 nitrogen and oxygen atoms in total. The summed E-state index contributed by atoms with van der Waals surface area (Å²) in [7, 11) is 27.8. The number of carbonyl (C=O) groups is 1. The first-order chi connectivity index (χ1) is 19.4. The van der Waals surface area contributed by atoms with Crippen molar-refractivity contribution in [1.29, 1.82) is 5.26 Å². The van der Waals surface area contributed by atoms with Crippen molar-refractivity contribution in [3.05, 3.63) is 22.4 Å². The second-order valence-electron chi connectivity index (χ2n) is 17.9. The fourth-order valence-corrected chi connectivity index (χ4v) is 9.26. The molecule has 3 heterocycles. The van der Waals surface area contributed by atoms with Crippen LogP contribution in [0.3, 0.4) is 0 Å². The van der Waals surface area contributed by atoms with Crippen LogP contribution in [0.25, 0.3) is 0 Å². The first-order valence-corrected chi connectivity index (χ1v) is 16.6. The van der Waals surface area contributed by atoms with E-state index < -0.39 is 16.1 Å². The molecule has 216 valence electrons. The van der Waals surface area contributed by atoms with Gasteiger partial charge in [0.25, 0.3) is 0 Å². The van der Waals surface area contributed by atoms with Crippen LogP contribution in [-0.2, 0) is 22.6 Å². The van der Waals surface area contributed by atoms with E-state index in [-0.39, 0.29) is 27.0 Å². The minimum absolute atomic E-state index is 0.164. The normalized spacial score (nSPS) is 25.0. The molecule has 0 radical (unpaired) electrons. The van der Waals surface area contributed by atoms with Crippen molar-refractivity contribution in [2.75, 3.05) is 11.4 Å². The van der Waals surface area contributed by atoms with Crippen LogP contribution in [0, 0.1) is 11.3 Å². The van der Waals surface area contributed by atoms with Crippen molar-refractivity contribution in [2.45, 2.75) is 103 Å². The summed E-state index contributed by atoms with van der Waals surface area (Å²) in [6, 6.07) is 2.65. The highest BCUT2D eigenvalue weighted by atomic mass is 16.5. The number of amides is 1. The maximum absolute atomic E-state index is 14.4. The van der Waals surface area contributed by atoms with E-state index in [0.717, 1.165) is 41.9 Å². The Labute approximate surface area is 272 Å². The van der Waals surface area contributed by atoms with Crippen LogP contribution in [0.4, 0.5) is 5.82 Å². The van der Waals surface area contributed by atoms with E-state index in [1.807, 2.05) is 0 Å². The molecule has 3 aliphatic rings. The van der Waals surface area contributed by atoms with Crippen molar-refractivity contribution in [3.63, 3.8) is 0 Å². The average molecular weight is 566 g/mol. The quantitative estimate of drug-likeness (QED) is 0.307. The molecule has 18 heteroatoms. The summed E-state index contributed by atoms with van der Waals surface area (Å²) < 4.78 is 6.28. The Hall–Kier alpha value is -1.35. The molecule has 0 aromatic carbocycles. The molecule has 43 heavy (non-hydrogen) atoms. The van der Waals surface area contributed by atoms with Crippen LogP contribution >= 0.6 is 0 Å². The van der Waals surface area contributed by atoms with Gasteiger partial charge in [0.15, 0.2) is 0 Å². The summed E-state index contributed by atoms with van der Waals surface area (Å²) in [6.45, 7) is 7.44. The van der Waals surface area contributed by atoms with Gasteiger partial charge in [-0.25, -0.2) is 4.98 Å². The van der Waals surface area contributed by atoms with Crippen molar-refractivity contribution < 1.29 is 9.53 Å². The molecule has 0 N–H and O–H groups in total. The van der Waals surface area contributed by atoms with Crippen molar-refractivity contribution in [1.82, 2.24) is 9.88 Å². The summed E-state index contributed by atoms with van der Waals surface area (Å²) in [4.78, 5) is 24.6.